The normalized spacial score (nSPS) is 13.5. The fourth-order valence-electron chi connectivity index (χ4n) is 3.83. The molecular weight excluding hydrogens is 401 g/mol. The highest BCUT2D eigenvalue weighted by Gasteiger charge is 2.31. The maximum Gasteiger partial charge on any atom is 0.573 e. The fourth-order valence-corrected chi connectivity index (χ4v) is 3.83. The SMILES string of the molecule is CCCC(C)(CCc1cccc(Oc2ccccc2)c1)c1ccc(OC(F)(F)F)cc1. The molecule has 0 radical (unpaired) electrons. The number of alkyl halides is 3. The minimum atomic E-state index is -4.68. The van der Waals surface area contributed by atoms with Crippen molar-refractivity contribution >= 4 is 0 Å². The van der Waals surface area contributed by atoms with Crippen LogP contribution in [-0.2, 0) is 11.8 Å². The van der Waals surface area contributed by atoms with Gasteiger partial charge in [0.05, 0.1) is 0 Å². The third-order valence-electron chi connectivity index (χ3n) is 5.43. The lowest BCUT2D eigenvalue weighted by Crippen LogP contribution is -2.23. The predicted molar refractivity (Wildman–Crippen MR) is 117 cm³/mol. The number of hydrogen-bond donors (Lipinski definition) is 0. The van der Waals surface area contributed by atoms with E-state index in [1.165, 1.54) is 12.1 Å². The van der Waals surface area contributed by atoms with Crippen LogP contribution in [0.25, 0.3) is 0 Å². The Labute approximate surface area is 181 Å². The second-order valence-corrected chi connectivity index (χ2v) is 7.95. The van der Waals surface area contributed by atoms with Gasteiger partial charge >= 0.3 is 6.36 Å². The number of rotatable bonds is 9. The monoisotopic (exact) mass is 428 g/mol. The van der Waals surface area contributed by atoms with Gasteiger partial charge in [0, 0.05) is 0 Å². The first kappa shape index (κ1) is 22.7. The summed E-state index contributed by atoms with van der Waals surface area (Å²) in [7, 11) is 0. The van der Waals surface area contributed by atoms with Crippen molar-refractivity contribution in [2.75, 3.05) is 0 Å². The Hall–Kier alpha value is -2.95. The number of benzene rings is 3. The van der Waals surface area contributed by atoms with E-state index in [-0.39, 0.29) is 11.2 Å². The lowest BCUT2D eigenvalue weighted by molar-refractivity contribution is -0.274. The zero-order valence-electron chi connectivity index (χ0n) is 17.8. The summed E-state index contributed by atoms with van der Waals surface area (Å²) in [6.45, 7) is 4.29. The highest BCUT2D eigenvalue weighted by Crippen LogP contribution is 2.36. The molecule has 1 unspecified atom stereocenters. The molecule has 3 aromatic carbocycles. The Kier molecular flexibility index (Phi) is 7.26. The van der Waals surface area contributed by atoms with Crippen LogP contribution < -0.4 is 9.47 Å². The van der Waals surface area contributed by atoms with Gasteiger partial charge in [0.2, 0.25) is 0 Å². The molecule has 5 heteroatoms. The molecule has 3 aromatic rings. The van der Waals surface area contributed by atoms with Crippen LogP contribution in [0.2, 0.25) is 0 Å². The van der Waals surface area contributed by atoms with Gasteiger partial charge in [-0.1, -0.05) is 62.7 Å². The average Bonchev–Trinajstić information content (AvgIpc) is 2.73. The van der Waals surface area contributed by atoms with E-state index in [1.54, 1.807) is 12.1 Å². The van der Waals surface area contributed by atoms with Crippen LogP contribution in [-0.4, -0.2) is 6.36 Å². The zero-order chi connectivity index (χ0) is 22.3. The van der Waals surface area contributed by atoms with Crippen molar-refractivity contribution in [1.29, 1.82) is 0 Å². The lowest BCUT2D eigenvalue weighted by atomic mass is 9.74. The lowest BCUT2D eigenvalue weighted by Gasteiger charge is -2.30. The minimum absolute atomic E-state index is 0.151. The molecular formula is C26H27F3O2. The second kappa shape index (κ2) is 9.90. The summed E-state index contributed by atoms with van der Waals surface area (Å²) in [5.41, 5.74) is 2.02. The molecule has 0 aliphatic rings. The second-order valence-electron chi connectivity index (χ2n) is 7.95. The van der Waals surface area contributed by atoms with Crippen molar-refractivity contribution in [3.63, 3.8) is 0 Å². The highest BCUT2D eigenvalue weighted by molar-refractivity contribution is 5.35. The summed E-state index contributed by atoms with van der Waals surface area (Å²) in [5, 5.41) is 0. The molecule has 0 fully saturated rings. The fraction of sp³-hybridized carbons (Fsp3) is 0.308. The molecule has 0 saturated carbocycles. The van der Waals surface area contributed by atoms with E-state index in [1.807, 2.05) is 48.5 Å². The number of hydrogen-bond acceptors (Lipinski definition) is 2. The van der Waals surface area contributed by atoms with Crippen molar-refractivity contribution in [3.05, 3.63) is 90.0 Å². The molecule has 164 valence electrons. The van der Waals surface area contributed by atoms with Crippen LogP contribution in [0.5, 0.6) is 17.2 Å². The molecule has 0 amide bonds. The molecule has 0 aromatic heterocycles. The van der Waals surface area contributed by atoms with Gasteiger partial charge in [0.25, 0.3) is 0 Å². The molecule has 31 heavy (non-hydrogen) atoms. The van der Waals surface area contributed by atoms with Gasteiger partial charge in [-0.2, -0.15) is 0 Å². The van der Waals surface area contributed by atoms with E-state index in [4.69, 9.17) is 4.74 Å². The summed E-state index contributed by atoms with van der Waals surface area (Å²) >= 11 is 0. The maximum absolute atomic E-state index is 12.4. The third-order valence-corrected chi connectivity index (χ3v) is 5.43. The van der Waals surface area contributed by atoms with E-state index in [9.17, 15) is 13.2 Å². The first-order valence-corrected chi connectivity index (χ1v) is 10.5. The summed E-state index contributed by atoms with van der Waals surface area (Å²) in [6, 6.07) is 23.9. The van der Waals surface area contributed by atoms with Crippen LogP contribution in [0.3, 0.4) is 0 Å². The van der Waals surface area contributed by atoms with E-state index in [0.29, 0.717) is 0 Å². The Morgan fingerprint density at radius 1 is 0.742 bits per heavy atom. The van der Waals surface area contributed by atoms with E-state index in [0.717, 1.165) is 48.3 Å². The molecule has 1 atom stereocenters. The average molecular weight is 428 g/mol. The molecule has 0 heterocycles. The highest BCUT2D eigenvalue weighted by atomic mass is 19.4. The topological polar surface area (TPSA) is 18.5 Å². The molecule has 3 rings (SSSR count). The van der Waals surface area contributed by atoms with Gasteiger partial charge in [-0.25, -0.2) is 0 Å². The standard InChI is InChI=1S/C26H27F3O2/c1-3-17-25(2,21-12-14-23(15-13-21)31-26(27,28)29)18-16-20-8-7-11-24(19-20)30-22-9-5-4-6-10-22/h4-15,19H,3,16-18H2,1-2H3. The van der Waals surface area contributed by atoms with Crippen LogP contribution in [0.4, 0.5) is 13.2 Å². The Morgan fingerprint density at radius 3 is 2.06 bits per heavy atom. The van der Waals surface area contributed by atoms with Gasteiger partial charge in [-0.3, -0.25) is 0 Å². The van der Waals surface area contributed by atoms with Crippen molar-refractivity contribution < 1.29 is 22.6 Å². The first-order valence-electron chi connectivity index (χ1n) is 10.5. The number of aryl methyl sites for hydroxylation is 1. The van der Waals surface area contributed by atoms with E-state index in [2.05, 4.69) is 24.7 Å². The third kappa shape index (κ3) is 6.78. The Morgan fingerprint density at radius 2 is 1.42 bits per heavy atom. The molecule has 2 nitrogen and oxygen atoms in total. The molecule has 0 bridgehead atoms. The minimum Gasteiger partial charge on any atom is -0.457 e. The van der Waals surface area contributed by atoms with Crippen molar-refractivity contribution in [2.24, 2.45) is 0 Å². The van der Waals surface area contributed by atoms with E-state index >= 15 is 0 Å². The summed E-state index contributed by atoms with van der Waals surface area (Å²) in [6.07, 6.45) is -1.05. The Bertz CT molecular complexity index is 952. The van der Waals surface area contributed by atoms with E-state index < -0.39 is 6.36 Å². The summed E-state index contributed by atoms with van der Waals surface area (Å²) in [5.74, 6) is 1.38. The van der Waals surface area contributed by atoms with Crippen LogP contribution in [0.15, 0.2) is 78.9 Å². The summed E-state index contributed by atoms with van der Waals surface area (Å²) < 4.78 is 47.3. The zero-order valence-corrected chi connectivity index (χ0v) is 17.8. The van der Waals surface area contributed by atoms with Gasteiger partial charge in [0.1, 0.15) is 17.2 Å². The molecule has 0 aliphatic heterocycles. The van der Waals surface area contributed by atoms with Crippen LogP contribution in [0.1, 0.15) is 44.2 Å². The Balaban J connectivity index is 1.70. The molecule has 0 saturated heterocycles. The molecule has 0 N–H and O–H groups in total. The van der Waals surface area contributed by atoms with Gasteiger partial charge < -0.3 is 9.47 Å². The van der Waals surface area contributed by atoms with Gasteiger partial charge in [-0.15, -0.1) is 13.2 Å². The first-order chi connectivity index (χ1) is 14.8. The van der Waals surface area contributed by atoms with Crippen molar-refractivity contribution in [2.45, 2.75) is 51.3 Å². The largest absolute Gasteiger partial charge is 0.573 e. The molecule has 0 aliphatic carbocycles. The number of para-hydroxylation sites is 1. The molecule has 0 spiro atoms. The smallest absolute Gasteiger partial charge is 0.457 e. The van der Waals surface area contributed by atoms with Crippen LogP contribution >= 0.6 is 0 Å². The van der Waals surface area contributed by atoms with Crippen LogP contribution in [0, 0.1) is 0 Å². The number of ether oxygens (including phenoxy) is 2. The predicted octanol–water partition coefficient (Wildman–Crippen LogP) is 8.07. The maximum atomic E-state index is 12.4. The number of halogens is 3. The van der Waals surface area contributed by atoms with Crippen molar-refractivity contribution in [3.8, 4) is 17.2 Å². The van der Waals surface area contributed by atoms with Gasteiger partial charge in [0.15, 0.2) is 0 Å². The quantitative estimate of drug-likeness (QED) is 0.343. The summed E-state index contributed by atoms with van der Waals surface area (Å²) in [4.78, 5) is 0. The van der Waals surface area contributed by atoms with Crippen molar-refractivity contribution in [1.82, 2.24) is 0 Å². The van der Waals surface area contributed by atoms with Gasteiger partial charge in [-0.05, 0) is 72.2 Å².